The third kappa shape index (κ3) is 6.56. The number of nitrogens with zero attached hydrogens (tertiary/aromatic N) is 7. The molecule has 0 radical (unpaired) electrons. The van der Waals surface area contributed by atoms with E-state index in [-0.39, 0.29) is 29.7 Å². The Kier molecular flexibility index (Phi) is 8.37. The molecule has 3 aromatic rings. The van der Waals surface area contributed by atoms with E-state index >= 15 is 0 Å². The SMILES string of the molecule is CC[C@H]1CN(c2ncc(-c3nnc(N)o3)nc2C)[C@H](C)CN1C1CCN(C(C)c2ccc(OC(F)(F)F)cc2)CC1. The van der Waals surface area contributed by atoms with Crippen molar-refractivity contribution in [3.63, 3.8) is 0 Å². The van der Waals surface area contributed by atoms with E-state index in [9.17, 15) is 13.2 Å². The summed E-state index contributed by atoms with van der Waals surface area (Å²) in [6.07, 6.45) is 0.0884. The van der Waals surface area contributed by atoms with E-state index in [4.69, 9.17) is 15.1 Å². The molecule has 2 saturated heterocycles. The number of aromatic nitrogens is 4. The smallest absolute Gasteiger partial charge is 0.406 e. The van der Waals surface area contributed by atoms with Crippen molar-refractivity contribution < 1.29 is 22.3 Å². The van der Waals surface area contributed by atoms with Crippen molar-refractivity contribution in [1.82, 2.24) is 30.0 Å². The van der Waals surface area contributed by atoms with Crippen molar-refractivity contribution >= 4 is 11.8 Å². The quantitative estimate of drug-likeness (QED) is 0.421. The van der Waals surface area contributed by atoms with Crippen LogP contribution in [-0.4, -0.2) is 80.6 Å². The van der Waals surface area contributed by atoms with Gasteiger partial charge in [-0.25, -0.2) is 9.97 Å². The highest BCUT2D eigenvalue weighted by atomic mass is 19.4. The number of hydrogen-bond acceptors (Lipinski definition) is 10. The molecule has 4 heterocycles. The van der Waals surface area contributed by atoms with Crippen LogP contribution in [0.2, 0.25) is 0 Å². The maximum absolute atomic E-state index is 12.5. The first-order valence-electron chi connectivity index (χ1n) is 14.1. The monoisotopic (exact) mass is 574 g/mol. The number of nitrogen functional groups attached to an aromatic ring is 1. The van der Waals surface area contributed by atoms with Crippen LogP contribution >= 0.6 is 0 Å². The molecular weight excluding hydrogens is 537 g/mol. The van der Waals surface area contributed by atoms with Gasteiger partial charge in [-0.1, -0.05) is 24.2 Å². The van der Waals surface area contributed by atoms with Crippen LogP contribution in [0.1, 0.15) is 57.3 Å². The first-order valence-corrected chi connectivity index (χ1v) is 14.1. The number of nitrogens with two attached hydrogens (primary N) is 1. The largest absolute Gasteiger partial charge is 0.573 e. The van der Waals surface area contributed by atoms with Gasteiger partial charge in [-0.3, -0.25) is 9.80 Å². The maximum atomic E-state index is 12.5. The van der Waals surface area contributed by atoms with Crippen LogP contribution in [0.15, 0.2) is 34.9 Å². The van der Waals surface area contributed by atoms with Crippen LogP contribution in [0.4, 0.5) is 25.0 Å². The van der Waals surface area contributed by atoms with Crippen molar-refractivity contribution in [1.29, 1.82) is 0 Å². The third-order valence-corrected chi connectivity index (χ3v) is 8.32. The Balaban J connectivity index is 1.20. The average Bonchev–Trinajstić information content (AvgIpc) is 3.38. The van der Waals surface area contributed by atoms with Crippen molar-refractivity contribution in [3.8, 4) is 17.3 Å². The van der Waals surface area contributed by atoms with Crippen LogP contribution in [-0.2, 0) is 0 Å². The highest BCUT2D eigenvalue weighted by Crippen LogP contribution is 2.33. The summed E-state index contributed by atoms with van der Waals surface area (Å²) in [5.41, 5.74) is 7.84. The molecule has 3 atom stereocenters. The lowest BCUT2D eigenvalue weighted by molar-refractivity contribution is -0.274. The molecule has 0 amide bonds. The maximum Gasteiger partial charge on any atom is 0.573 e. The molecule has 2 aliphatic rings. The van der Waals surface area contributed by atoms with Crippen LogP contribution in [0, 0.1) is 6.92 Å². The van der Waals surface area contributed by atoms with Crippen LogP contribution in [0.3, 0.4) is 0 Å². The molecule has 2 fully saturated rings. The summed E-state index contributed by atoms with van der Waals surface area (Å²) in [6, 6.07) is 7.45. The molecule has 13 heteroatoms. The highest BCUT2D eigenvalue weighted by molar-refractivity contribution is 5.52. The van der Waals surface area contributed by atoms with Crippen molar-refractivity contribution in [3.05, 3.63) is 41.7 Å². The molecule has 5 rings (SSSR count). The number of piperidine rings is 1. The minimum Gasteiger partial charge on any atom is -0.406 e. The Labute approximate surface area is 237 Å². The van der Waals surface area contributed by atoms with E-state index in [0.717, 1.165) is 62.5 Å². The molecule has 0 bridgehead atoms. The number of piperazine rings is 1. The van der Waals surface area contributed by atoms with Gasteiger partial charge in [-0.05, 0) is 57.7 Å². The zero-order valence-corrected chi connectivity index (χ0v) is 23.8. The number of alkyl halides is 3. The second kappa shape index (κ2) is 11.8. The predicted molar refractivity (Wildman–Crippen MR) is 148 cm³/mol. The second-order valence-corrected chi connectivity index (χ2v) is 10.9. The zero-order valence-electron chi connectivity index (χ0n) is 23.8. The molecule has 2 aliphatic heterocycles. The fraction of sp³-hybridized carbons (Fsp3) is 0.571. The van der Waals surface area contributed by atoms with Crippen LogP contribution in [0.25, 0.3) is 11.6 Å². The predicted octanol–water partition coefficient (Wildman–Crippen LogP) is 4.83. The molecular formula is C28H37F3N8O2. The van der Waals surface area contributed by atoms with Crippen molar-refractivity contribution in [2.45, 2.75) is 77.5 Å². The average molecular weight is 575 g/mol. The fourth-order valence-corrected chi connectivity index (χ4v) is 6.13. The summed E-state index contributed by atoms with van der Waals surface area (Å²) >= 11 is 0. The van der Waals surface area contributed by atoms with Gasteiger partial charge < -0.3 is 19.8 Å². The summed E-state index contributed by atoms with van der Waals surface area (Å²) in [4.78, 5) is 16.8. The Morgan fingerprint density at radius 3 is 2.41 bits per heavy atom. The van der Waals surface area contributed by atoms with Gasteiger partial charge in [0.05, 0.1) is 11.9 Å². The number of ether oxygens (including phenoxy) is 1. The number of halogens is 3. The Morgan fingerprint density at radius 2 is 1.83 bits per heavy atom. The Bertz CT molecular complexity index is 1310. The first kappa shape index (κ1) is 29.1. The van der Waals surface area contributed by atoms with E-state index < -0.39 is 6.36 Å². The molecule has 1 unspecified atom stereocenters. The van der Waals surface area contributed by atoms with Gasteiger partial charge in [0.1, 0.15) is 17.3 Å². The summed E-state index contributed by atoms with van der Waals surface area (Å²) in [5, 5.41) is 7.61. The van der Waals surface area contributed by atoms with Gasteiger partial charge >= 0.3 is 12.4 Å². The number of anilines is 2. The summed E-state index contributed by atoms with van der Waals surface area (Å²) < 4.78 is 46.8. The summed E-state index contributed by atoms with van der Waals surface area (Å²) in [6.45, 7) is 12.2. The van der Waals surface area contributed by atoms with Crippen molar-refractivity contribution in [2.75, 3.05) is 36.8 Å². The molecule has 0 aliphatic carbocycles. The number of likely N-dealkylation sites (tertiary alicyclic amines) is 1. The number of benzene rings is 1. The first-order chi connectivity index (χ1) is 19.5. The van der Waals surface area contributed by atoms with Gasteiger partial charge in [-0.2, -0.15) is 0 Å². The minimum atomic E-state index is -4.68. The van der Waals surface area contributed by atoms with Gasteiger partial charge in [0, 0.05) is 50.3 Å². The van der Waals surface area contributed by atoms with E-state index in [2.05, 4.69) is 55.4 Å². The molecule has 2 N–H and O–H groups in total. The molecule has 222 valence electrons. The lowest BCUT2D eigenvalue weighted by atomic mass is 9.94. The van der Waals surface area contributed by atoms with E-state index in [1.807, 2.05) is 6.92 Å². The van der Waals surface area contributed by atoms with Gasteiger partial charge in [-0.15, -0.1) is 18.3 Å². The van der Waals surface area contributed by atoms with E-state index in [1.54, 1.807) is 18.3 Å². The van der Waals surface area contributed by atoms with E-state index in [0.29, 0.717) is 17.8 Å². The van der Waals surface area contributed by atoms with E-state index in [1.165, 1.54) is 12.1 Å². The van der Waals surface area contributed by atoms with Gasteiger partial charge in [0.25, 0.3) is 5.89 Å². The topological polar surface area (TPSA) is 110 Å². The molecule has 1 aromatic carbocycles. The van der Waals surface area contributed by atoms with Crippen LogP contribution < -0.4 is 15.4 Å². The Hall–Kier alpha value is -3.45. The molecule has 10 nitrogen and oxygen atoms in total. The molecule has 2 aromatic heterocycles. The number of aryl methyl sites for hydroxylation is 1. The Morgan fingerprint density at radius 1 is 1.12 bits per heavy atom. The zero-order chi connectivity index (χ0) is 29.3. The van der Waals surface area contributed by atoms with Crippen LogP contribution in [0.5, 0.6) is 5.75 Å². The van der Waals surface area contributed by atoms with Gasteiger partial charge in [0.15, 0.2) is 0 Å². The van der Waals surface area contributed by atoms with Crippen molar-refractivity contribution in [2.24, 2.45) is 0 Å². The normalized spacial score (nSPS) is 22.2. The summed E-state index contributed by atoms with van der Waals surface area (Å²) in [7, 11) is 0. The summed E-state index contributed by atoms with van der Waals surface area (Å²) in [5.74, 6) is 0.921. The lowest BCUT2D eigenvalue weighted by Crippen LogP contribution is -2.61. The standard InChI is InChI=1S/C28H37F3N8O2/c1-5-21-16-38(25-18(3)34-24(14-33-25)26-35-36-27(32)40-26)17(2)15-39(21)22-10-12-37(13-11-22)19(4)20-6-8-23(9-7-20)41-28(29,30)31/h6-9,14,17,19,21-22H,5,10-13,15-16H2,1-4H3,(H2,32,36)/t17-,19?,21+/m1/s1. The second-order valence-electron chi connectivity index (χ2n) is 10.9. The molecule has 41 heavy (non-hydrogen) atoms. The fourth-order valence-electron chi connectivity index (χ4n) is 6.13. The minimum absolute atomic E-state index is 0.00651. The molecule has 0 spiro atoms. The highest BCUT2D eigenvalue weighted by Gasteiger charge is 2.38. The third-order valence-electron chi connectivity index (χ3n) is 8.32. The van der Waals surface area contributed by atoms with Gasteiger partial charge in [0.2, 0.25) is 0 Å². The number of hydrogen-bond donors (Lipinski definition) is 1. The molecule has 0 saturated carbocycles. The lowest BCUT2D eigenvalue weighted by Gasteiger charge is -2.51. The number of rotatable bonds is 7.